The lowest BCUT2D eigenvalue weighted by atomic mass is 10.0. The Hall–Kier alpha value is -2.39. The van der Waals surface area contributed by atoms with E-state index >= 15 is 0 Å². The van der Waals surface area contributed by atoms with Crippen LogP contribution >= 0.6 is 0 Å². The maximum atomic E-state index is 5.93. The summed E-state index contributed by atoms with van der Waals surface area (Å²) >= 11 is 0. The van der Waals surface area contributed by atoms with Crippen LogP contribution in [0.5, 0.6) is 5.75 Å². The van der Waals surface area contributed by atoms with Crippen LogP contribution in [0.2, 0.25) is 0 Å². The van der Waals surface area contributed by atoms with Crippen molar-refractivity contribution in [3.05, 3.63) is 72.1 Å². The van der Waals surface area contributed by atoms with Gasteiger partial charge < -0.3 is 4.74 Å². The van der Waals surface area contributed by atoms with E-state index in [1.54, 1.807) is 0 Å². The highest BCUT2D eigenvalue weighted by atomic mass is 16.5. The maximum Gasteiger partial charge on any atom is 0.119 e. The number of pyridine rings is 1. The molecule has 0 saturated carbocycles. The Bertz CT molecular complexity index is 833. The third kappa shape index (κ3) is 4.23. The topological polar surface area (TPSA) is 25.4 Å². The van der Waals surface area contributed by atoms with Gasteiger partial charge >= 0.3 is 0 Å². The zero-order valence-electron chi connectivity index (χ0n) is 15.2. The smallest absolute Gasteiger partial charge is 0.119 e. The molecule has 134 valence electrons. The molecule has 1 aliphatic heterocycles. The number of ether oxygens (including phenoxy) is 1. The van der Waals surface area contributed by atoms with E-state index in [1.807, 2.05) is 6.20 Å². The second kappa shape index (κ2) is 8.33. The largest absolute Gasteiger partial charge is 0.492 e. The molecule has 1 aliphatic rings. The molecule has 3 nitrogen and oxygen atoms in total. The predicted octanol–water partition coefficient (Wildman–Crippen LogP) is 4.69. The number of aromatic nitrogens is 1. The lowest BCUT2D eigenvalue weighted by Crippen LogP contribution is -2.33. The van der Waals surface area contributed by atoms with Crippen LogP contribution < -0.4 is 4.74 Å². The van der Waals surface area contributed by atoms with E-state index in [4.69, 9.17) is 4.74 Å². The molecule has 0 atom stereocenters. The van der Waals surface area contributed by atoms with Crippen molar-refractivity contribution in [2.75, 3.05) is 26.2 Å². The Morgan fingerprint density at radius 3 is 2.54 bits per heavy atom. The van der Waals surface area contributed by atoms with Crippen molar-refractivity contribution >= 4 is 10.8 Å². The van der Waals surface area contributed by atoms with Crippen LogP contribution in [0.3, 0.4) is 0 Å². The van der Waals surface area contributed by atoms with E-state index < -0.39 is 0 Å². The van der Waals surface area contributed by atoms with E-state index in [2.05, 4.69) is 64.5 Å². The average molecular weight is 346 g/mol. The molecular weight excluding hydrogens is 320 g/mol. The fourth-order valence-corrected chi connectivity index (χ4v) is 3.70. The van der Waals surface area contributed by atoms with Crippen LogP contribution in [0.1, 0.15) is 30.5 Å². The molecule has 4 rings (SSSR count). The molecule has 1 saturated heterocycles. The molecule has 1 fully saturated rings. The first-order valence-corrected chi connectivity index (χ1v) is 9.65. The van der Waals surface area contributed by atoms with Crippen LogP contribution in [0, 0.1) is 0 Å². The van der Waals surface area contributed by atoms with Gasteiger partial charge in [0.15, 0.2) is 0 Å². The van der Waals surface area contributed by atoms with E-state index in [-0.39, 0.29) is 0 Å². The van der Waals surface area contributed by atoms with Gasteiger partial charge in [0.2, 0.25) is 0 Å². The van der Waals surface area contributed by atoms with Gasteiger partial charge in [0.05, 0.1) is 5.69 Å². The van der Waals surface area contributed by atoms with Gasteiger partial charge in [-0.05, 0) is 55.1 Å². The SMILES string of the molecule is c1ccc2c(Cc3ccc(OCCN4CCCCC4)cc3)nccc2c1. The third-order valence-corrected chi connectivity index (χ3v) is 5.18. The van der Waals surface area contributed by atoms with Crippen LogP contribution in [0.25, 0.3) is 10.8 Å². The molecule has 3 heteroatoms. The summed E-state index contributed by atoms with van der Waals surface area (Å²) < 4.78 is 5.93. The van der Waals surface area contributed by atoms with Gasteiger partial charge in [-0.2, -0.15) is 0 Å². The molecule has 0 amide bonds. The van der Waals surface area contributed by atoms with Crippen molar-refractivity contribution in [3.63, 3.8) is 0 Å². The highest BCUT2D eigenvalue weighted by Gasteiger charge is 2.09. The maximum absolute atomic E-state index is 5.93. The summed E-state index contributed by atoms with van der Waals surface area (Å²) in [4.78, 5) is 7.09. The first-order valence-electron chi connectivity index (χ1n) is 9.65. The first kappa shape index (κ1) is 17.0. The summed E-state index contributed by atoms with van der Waals surface area (Å²) in [6.45, 7) is 4.24. The van der Waals surface area contributed by atoms with Gasteiger partial charge in [0.1, 0.15) is 12.4 Å². The molecule has 26 heavy (non-hydrogen) atoms. The lowest BCUT2D eigenvalue weighted by Gasteiger charge is -2.26. The lowest BCUT2D eigenvalue weighted by molar-refractivity contribution is 0.183. The molecule has 0 spiro atoms. The van der Waals surface area contributed by atoms with Crippen molar-refractivity contribution in [2.24, 2.45) is 0 Å². The Morgan fingerprint density at radius 1 is 0.885 bits per heavy atom. The highest BCUT2D eigenvalue weighted by molar-refractivity contribution is 5.84. The number of hydrogen-bond donors (Lipinski definition) is 0. The normalized spacial score (nSPS) is 15.2. The Morgan fingerprint density at radius 2 is 1.69 bits per heavy atom. The van der Waals surface area contributed by atoms with Gasteiger partial charge in [0.25, 0.3) is 0 Å². The predicted molar refractivity (Wildman–Crippen MR) is 107 cm³/mol. The molecule has 2 aromatic carbocycles. The minimum Gasteiger partial charge on any atom is -0.492 e. The summed E-state index contributed by atoms with van der Waals surface area (Å²) in [5, 5.41) is 2.48. The van der Waals surface area contributed by atoms with E-state index in [0.717, 1.165) is 31.0 Å². The molecular formula is C23H26N2O. The first-order chi connectivity index (χ1) is 12.9. The van der Waals surface area contributed by atoms with E-state index in [9.17, 15) is 0 Å². The molecule has 0 unspecified atom stereocenters. The van der Waals surface area contributed by atoms with Crippen molar-refractivity contribution in [1.82, 2.24) is 9.88 Å². The molecule has 3 aromatic rings. The molecule has 0 radical (unpaired) electrons. The Balaban J connectivity index is 1.35. The summed E-state index contributed by atoms with van der Waals surface area (Å²) in [5.74, 6) is 0.955. The highest BCUT2D eigenvalue weighted by Crippen LogP contribution is 2.20. The van der Waals surface area contributed by atoms with Gasteiger partial charge in [-0.15, -0.1) is 0 Å². The molecule has 2 heterocycles. The summed E-state index contributed by atoms with van der Waals surface area (Å²) in [7, 11) is 0. The standard InChI is InChI=1S/C23H26N2O/c1-4-14-25(15-5-1)16-17-26-21-10-8-19(9-11-21)18-23-22-7-3-2-6-20(22)12-13-24-23/h2-3,6-13H,1,4-5,14-18H2. The number of rotatable bonds is 6. The van der Waals surface area contributed by atoms with Gasteiger partial charge in [-0.25, -0.2) is 0 Å². The van der Waals surface area contributed by atoms with Gasteiger partial charge in [-0.1, -0.05) is 42.8 Å². The average Bonchev–Trinajstić information content (AvgIpc) is 2.70. The Kier molecular flexibility index (Phi) is 5.46. The van der Waals surface area contributed by atoms with Crippen molar-refractivity contribution in [1.29, 1.82) is 0 Å². The summed E-state index contributed by atoms with van der Waals surface area (Å²) in [5.41, 5.74) is 2.39. The number of nitrogens with zero attached hydrogens (tertiary/aromatic N) is 2. The number of hydrogen-bond acceptors (Lipinski definition) is 3. The zero-order valence-corrected chi connectivity index (χ0v) is 15.2. The van der Waals surface area contributed by atoms with Crippen LogP contribution in [-0.4, -0.2) is 36.1 Å². The number of piperidine rings is 1. The number of benzene rings is 2. The summed E-state index contributed by atoms with van der Waals surface area (Å²) in [6.07, 6.45) is 6.78. The Labute approximate surface area is 155 Å². The van der Waals surface area contributed by atoms with Crippen LogP contribution in [0.15, 0.2) is 60.8 Å². The van der Waals surface area contributed by atoms with E-state index in [1.165, 1.54) is 48.7 Å². The monoisotopic (exact) mass is 346 g/mol. The fraction of sp³-hybridized carbons (Fsp3) is 0.348. The van der Waals surface area contributed by atoms with Crippen molar-refractivity contribution < 1.29 is 4.74 Å². The van der Waals surface area contributed by atoms with E-state index in [0.29, 0.717) is 0 Å². The fourth-order valence-electron chi connectivity index (χ4n) is 3.70. The second-order valence-corrected chi connectivity index (χ2v) is 7.05. The third-order valence-electron chi connectivity index (χ3n) is 5.18. The van der Waals surface area contributed by atoms with Crippen LogP contribution in [0.4, 0.5) is 0 Å². The quantitative estimate of drug-likeness (QED) is 0.647. The zero-order chi connectivity index (χ0) is 17.6. The molecule has 0 bridgehead atoms. The minimum absolute atomic E-state index is 0.768. The second-order valence-electron chi connectivity index (χ2n) is 7.05. The molecule has 0 aliphatic carbocycles. The van der Waals surface area contributed by atoms with Crippen molar-refractivity contribution in [2.45, 2.75) is 25.7 Å². The van der Waals surface area contributed by atoms with Crippen LogP contribution in [-0.2, 0) is 6.42 Å². The minimum atomic E-state index is 0.768. The summed E-state index contributed by atoms with van der Waals surface area (Å²) in [6, 6.07) is 19.0. The molecule has 1 aromatic heterocycles. The number of likely N-dealkylation sites (tertiary alicyclic amines) is 1. The number of fused-ring (bicyclic) bond motifs is 1. The van der Waals surface area contributed by atoms with Crippen molar-refractivity contribution in [3.8, 4) is 5.75 Å². The van der Waals surface area contributed by atoms with Gasteiger partial charge in [0, 0.05) is 24.5 Å². The molecule has 0 N–H and O–H groups in total. The van der Waals surface area contributed by atoms with Gasteiger partial charge in [-0.3, -0.25) is 9.88 Å².